The number of hydrogen-bond donors (Lipinski definition) is 1. The fraction of sp³-hybridized carbons (Fsp3) is 0.600. The van der Waals surface area contributed by atoms with E-state index in [1.54, 1.807) is 24.1 Å². The van der Waals surface area contributed by atoms with Crippen molar-refractivity contribution in [2.45, 2.75) is 37.6 Å². The molecule has 0 bridgehead atoms. The van der Waals surface area contributed by atoms with Gasteiger partial charge in [-0.25, -0.2) is 5.01 Å². The monoisotopic (exact) mass is 420 g/mol. The van der Waals surface area contributed by atoms with Crippen molar-refractivity contribution < 1.29 is 19.1 Å². The zero-order valence-electron chi connectivity index (χ0n) is 18.6. The van der Waals surface area contributed by atoms with Gasteiger partial charge >= 0.3 is 5.97 Å². The predicted molar refractivity (Wildman–Crippen MR) is 114 cm³/mol. The summed E-state index contributed by atoms with van der Waals surface area (Å²) in [5.41, 5.74) is -0.899. The zero-order chi connectivity index (χ0) is 21.8. The molecule has 9 heteroatoms. The van der Waals surface area contributed by atoms with Gasteiger partial charge in [0.15, 0.2) is 11.1 Å². The van der Waals surface area contributed by atoms with E-state index in [1.165, 1.54) is 0 Å². The number of benzene rings is 1. The molecule has 3 rings (SSSR count). The first-order chi connectivity index (χ1) is 13.5. The standard InChI is InChI=1S/C20H32N4O4Si/c1-9-28-18(26)19-13-24(22(2)3)17(25)20(19,21-29(6,7)8)23(4)16-11-10-14(27-5)12-15(16)19/h10-12,21H,9,13H2,1-8H3. The lowest BCUT2D eigenvalue weighted by molar-refractivity contribution is -0.153. The number of rotatable bonds is 6. The van der Waals surface area contributed by atoms with Gasteiger partial charge in [0.1, 0.15) is 14.0 Å². The molecule has 2 heterocycles. The fourth-order valence-corrected chi connectivity index (χ4v) is 6.21. The van der Waals surface area contributed by atoms with Crippen LogP contribution in [0.4, 0.5) is 5.69 Å². The van der Waals surface area contributed by atoms with Crippen molar-refractivity contribution in [3.05, 3.63) is 23.8 Å². The molecule has 0 aliphatic carbocycles. The average molecular weight is 421 g/mol. The number of likely N-dealkylation sites (N-methyl/N-ethyl adjacent to an activating group) is 1. The van der Waals surface area contributed by atoms with Crippen molar-refractivity contribution in [2.75, 3.05) is 46.3 Å². The van der Waals surface area contributed by atoms with Gasteiger partial charge < -0.3 is 19.4 Å². The number of ether oxygens (including phenoxy) is 2. The number of hydrazine groups is 1. The SMILES string of the molecule is CCOC(=O)C12CN(N(C)C)C(=O)C1(N[Si](C)(C)C)N(C)c1ccc(OC)cc12. The molecule has 0 aromatic heterocycles. The number of amides is 1. The Labute approximate surface area is 173 Å². The van der Waals surface area contributed by atoms with Crippen LogP contribution in [0.3, 0.4) is 0 Å². The number of carbonyl (C=O) groups is 2. The number of esters is 1. The third-order valence-electron chi connectivity index (χ3n) is 5.74. The fourth-order valence-electron chi connectivity index (χ4n) is 4.63. The van der Waals surface area contributed by atoms with Gasteiger partial charge in [-0.2, -0.15) is 0 Å². The van der Waals surface area contributed by atoms with Crippen LogP contribution in [0.1, 0.15) is 12.5 Å². The summed E-state index contributed by atoms with van der Waals surface area (Å²) in [4.78, 5) is 33.2. The minimum absolute atomic E-state index is 0.157. The quantitative estimate of drug-likeness (QED) is 0.551. The van der Waals surface area contributed by atoms with Crippen LogP contribution in [-0.2, 0) is 19.7 Å². The maximum absolute atomic E-state index is 13.9. The van der Waals surface area contributed by atoms with Gasteiger partial charge in [0.25, 0.3) is 5.91 Å². The second-order valence-corrected chi connectivity index (χ2v) is 13.6. The highest BCUT2D eigenvalue weighted by molar-refractivity contribution is 6.74. The normalized spacial score (nSPS) is 26.0. The Balaban J connectivity index is 2.38. The number of methoxy groups -OCH3 is 1. The minimum Gasteiger partial charge on any atom is -0.497 e. The van der Waals surface area contributed by atoms with E-state index >= 15 is 0 Å². The van der Waals surface area contributed by atoms with Crippen LogP contribution in [0.5, 0.6) is 5.75 Å². The topological polar surface area (TPSA) is 74.4 Å². The van der Waals surface area contributed by atoms with E-state index < -0.39 is 25.3 Å². The van der Waals surface area contributed by atoms with Crippen LogP contribution in [-0.4, -0.2) is 77.2 Å². The summed E-state index contributed by atoms with van der Waals surface area (Å²) in [7, 11) is 5.05. The Hall–Kier alpha value is -2.10. The van der Waals surface area contributed by atoms with Gasteiger partial charge in [-0.15, -0.1) is 0 Å². The van der Waals surface area contributed by atoms with Gasteiger partial charge in [-0.1, -0.05) is 19.6 Å². The van der Waals surface area contributed by atoms with Crippen LogP contribution < -0.4 is 14.6 Å². The molecule has 1 aromatic carbocycles. The predicted octanol–water partition coefficient (Wildman–Crippen LogP) is 1.39. The molecule has 8 nitrogen and oxygen atoms in total. The number of anilines is 1. The molecule has 1 N–H and O–H groups in total. The molecule has 0 saturated carbocycles. The van der Waals surface area contributed by atoms with Gasteiger partial charge in [0.05, 0.1) is 20.3 Å². The van der Waals surface area contributed by atoms with Crippen molar-refractivity contribution in [1.82, 2.24) is 15.0 Å². The summed E-state index contributed by atoms with van der Waals surface area (Å²) in [5, 5.41) is 3.37. The molecule has 2 aliphatic rings. The molecule has 2 unspecified atom stereocenters. The van der Waals surface area contributed by atoms with E-state index in [0.717, 1.165) is 11.3 Å². The van der Waals surface area contributed by atoms with Crippen LogP contribution in [0.15, 0.2) is 18.2 Å². The molecule has 2 aliphatic heterocycles. The lowest BCUT2D eigenvalue weighted by Gasteiger charge is -2.44. The van der Waals surface area contributed by atoms with Crippen LogP contribution in [0.25, 0.3) is 0 Å². The lowest BCUT2D eigenvalue weighted by atomic mass is 9.74. The van der Waals surface area contributed by atoms with Crippen molar-refractivity contribution in [2.24, 2.45) is 0 Å². The molecule has 0 spiro atoms. The highest BCUT2D eigenvalue weighted by Gasteiger charge is 2.76. The van der Waals surface area contributed by atoms with Crippen molar-refractivity contribution >= 4 is 25.8 Å². The lowest BCUT2D eigenvalue weighted by Crippen LogP contribution is -2.75. The van der Waals surface area contributed by atoms with Crippen LogP contribution in [0, 0.1) is 0 Å². The van der Waals surface area contributed by atoms with E-state index in [-0.39, 0.29) is 19.1 Å². The molecule has 160 valence electrons. The van der Waals surface area contributed by atoms with E-state index in [1.807, 2.05) is 44.2 Å². The second kappa shape index (κ2) is 7.00. The average Bonchev–Trinajstić information content (AvgIpc) is 3.01. The number of fused-ring (bicyclic) bond motifs is 3. The summed E-state index contributed by atoms with van der Waals surface area (Å²) in [6.07, 6.45) is 0. The largest absolute Gasteiger partial charge is 0.497 e. The van der Waals surface area contributed by atoms with Crippen LogP contribution in [0.2, 0.25) is 19.6 Å². The first-order valence-electron chi connectivity index (χ1n) is 9.84. The highest BCUT2D eigenvalue weighted by Crippen LogP contribution is 2.56. The number of nitrogens with one attached hydrogen (secondary N) is 1. The Morgan fingerprint density at radius 3 is 2.48 bits per heavy atom. The zero-order valence-corrected chi connectivity index (χ0v) is 19.6. The molecule has 1 amide bonds. The Bertz CT molecular complexity index is 840. The maximum atomic E-state index is 13.9. The van der Waals surface area contributed by atoms with E-state index in [2.05, 4.69) is 24.6 Å². The smallest absolute Gasteiger partial charge is 0.322 e. The Morgan fingerprint density at radius 1 is 1.31 bits per heavy atom. The summed E-state index contributed by atoms with van der Waals surface area (Å²) in [5.74, 6) is 0.0818. The highest BCUT2D eigenvalue weighted by atomic mass is 28.3. The van der Waals surface area contributed by atoms with Gasteiger partial charge in [-0.05, 0) is 25.1 Å². The van der Waals surface area contributed by atoms with E-state index in [4.69, 9.17) is 9.47 Å². The number of nitrogens with zero attached hydrogens (tertiary/aromatic N) is 3. The first kappa shape index (κ1) is 21.6. The van der Waals surface area contributed by atoms with Crippen LogP contribution >= 0.6 is 0 Å². The molecule has 1 saturated heterocycles. The van der Waals surface area contributed by atoms with Gasteiger partial charge in [-0.3, -0.25) is 14.6 Å². The molecule has 2 atom stereocenters. The molecule has 0 radical (unpaired) electrons. The second-order valence-electron chi connectivity index (χ2n) is 8.86. The van der Waals surface area contributed by atoms with E-state index in [9.17, 15) is 9.59 Å². The van der Waals surface area contributed by atoms with Crippen molar-refractivity contribution in [3.63, 3.8) is 0 Å². The van der Waals surface area contributed by atoms with E-state index in [0.29, 0.717) is 5.75 Å². The van der Waals surface area contributed by atoms with Crippen molar-refractivity contribution in [1.29, 1.82) is 0 Å². The molecular weight excluding hydrogens is 388 g/mol. The van der Waals surface area contributed by atoms with Crippen molar-refractivity contribution in [3.8, 4) is 5.75 Å². The molecular formula is C20H32N4O4Si. The molecule has 1 aromatic rings. The summed E-state index contributed by atoms with van der Waals surface area (Å²) in [6.45, 7) is 8.60. The molecule has 29 heavy (non-hydrogen) atoms. The minimum atomic E-state index is -2.04. The van der Waals surface area contributed by atoms with Gasteiger partial charge in [0.2, 0.25) is 0 Å². The maximum Gasteiger partial charge on any atom is 0.322 e. The summed E-state index contributed by atoms with van der Waals surface area (Å²) < 4.78 is 11.0. The van der Waals surface area contributed by atoms with Gasteiger partial charge in [0, 0.05) is 32.4 Å². The summed E-state index contributed by atoms with van der Waals surface area (Å²) >= 11 is 0. The Kier molecular flexibility index (Phi) is 5.21. The number of carbonyl (C=O) groups excluding carboxylic acids is 2. The third-order valence-corrected chi connectivity index (χ3v) is 6.85. The first-order valence-corrected chi connectivity index (χ1v) is 13.3. The molecule has 1 fully saturated rings. The Morgan fingerprint density at radius 2 is 1.97 bits per heavy atom. The number of hydrogen-bond acceptors (Lipinski definition) is 7. The third kappa shape index (κ3) is 2.86. The summed E-state index contributed by atoms with van der Waals surface area (Å²) in [6, 6.07) is 5.63.